The third-order valence-corrected chi connectivity index (χ3v) is 5.82. The van der Waals surface area contributed by atoms with E-state index in [9.17, 15) is 4.79 Å². The molecule has 1 amide bonds. The lowest BCUT2D eigenvalue weighted by atomic mass is 9.99. The first-order valence-electron chi connectivity index (χ1n) is 11.0. The van der Waals surface area contributed by atoms with E-state index in [-0.39, 0.29) is 17.7 Å². The van der Waals surface area contributed by atoms with E-state index in [0.717, 1.165) is 23.1 Å². The monoisotopic (exact) mass is 440 g/mol. The predicted molar refractivity (Wildman–Crippen MR) is 125 cm³/mol. The van der Waals surface area contributed by atoms with Crippen LogP contribution in [0.3, 0.4) is 0 Å². The number of nitrogens with zero attached hydrogens (tertiary/aromatic N) is 4. The molecule has 0 aliphatic heterocycles. The Balaban J connectivity index is 1.40. The fraction of sp³-hybridized carbons (Fsp3) is 0.240. The minimum Gasteiger partial charge on any atom is -0.492 e. The summed E-state index contributed by atoms with van der Waals surface area (Å²) >= 11 is 0. The maximum atomic E-state index is 12.9. The molecule has 1 aliphatic carbocycles. The minimum absolute atomic E-state index is 0.0195. The third kappa shape index (κ3) is 4.45. The summed E-state index contributed by atoms with van der Waals surface area (Å²) in [5.41, 5.74) is 5.64. The lowest BCUT2D eigenvalue weighted by molar-refractivity contribution is -0.117. The molecule has 8 heteroatoms. The number of rotatable bonds is 7. The number of aryl methyl sites for hydroxylation is 1. The maximum Gasteiger partial charge on any atom is 0.228 e. The zero-order valence-corrected chi connectivity index (χ0v) is 18.4. The smallest absolute Gasteiger partial charge is 0.228 e. The summed E-state index contributed by atoms with van der Waals surface area (Å²) in [5.74, 6) is 1.47. The van der Waals surface area contributed by atoms with Gasteiger partial charge in [-0.2, -0.15) is 0 Å². The second-order valence-electron chi connectivity index (χ2n) is 8.20. The number of ether oxygens (including phenoxy) is 1. The molecule has 8 nitrogen and oxygen atoms in total. The number of aromatic amines is 1. The topological polar surface area (TPSA) is 106 Å². The highest BCUT2D eigenvalue weighted by Crippen LogP contribution is 2.48. The van der Waals surface area contributed by atoms with Gasteiger partial charge in [0.1, 0.15) is 5.75 Å². The van der Waals surface area contributed by atoms with Crippen LogP contribution in [0.15, 0.2) is 60.9 Å². The molecule has 1 aliphatic rings. The maximum absolute atomic E-state index is 12.9. The summed E-state index contributed by atoms with van der Waals surface area (Å²) in [7, 11) is 0. The molecule has 2 atom stereocenters. The first-order valence-corrected chi connectivity index (χ1v) is 11.0. The minimum atomic E-state index is -0.0195. The van der Waals surface area contributed by atoms with Gasteiger partial charge in [-0.3, -0.25) is 9.78 Å². The predicted octanol–water partition coefficient (Wildman–Crippen LogP) is 4.38. The van der Waals surface area contributed by atoms with E-state index in [0.29, 0.717) is 23.9 Å². The van der Waals surface area contributed by atoms with Crippen LogP contribution < -0.4 is 10.1 Å². The first kappa shape index (κ1) is 20.8. The van der Waals surface area contributed by atoms with Gasteiger partial charge in [0.25, 0.3) is 0 Å². The summed E-state index contributed by atoms with van der Waals surface area (Å²) in [4.78, 5) is 17.2. The van der Waals surface area contributed by atoms with E-state index in [1.165, 1.54) is 11.1 Å². The molecule has 0 saturated heterocycles. The molecule has 0 bridgehead atoms. The van der Waals surface area contributed by atoms with Crippen molar-refractivity contribution in [2.75, 3.05) is 11.9 Å². The lowest BCUT2D eigenvalue weighted by Crippen LogP contribution is -2.14. The van der Waals surface area contributed by atoms with Gasteiger partial charge in [0.05, 0.1) is 12.8 Å². The SMILES string of the molecule is CCOc1cncc(-c2ccc(NC(=O)[C@@H]3C[C@H]3c3cccc(C)c3)cc2-c2nnn[nH]2)c1. The molecule has 0 radical (unpaired) electrons. The van der Waals surface area contributed by atoms with Crippen LogP contribution in [-0.4, -0.2) is 38.1 Å². The molecule has 33 heavy (non-hydrogen) atoms. The standard InChI is InChI=1S/C25H24N6O2/c1-3-33-19-10-17(13-26-14-19)20-8-7-18(11-22(20)24-28-30-31-29-24)27-25(32)23-12-21(23)16-6-4-5-15(2)9-16/h4-11,13-14,21,23H,3,12H2,1-2H3,(H,27,32)(H,28,29,30,31)/t21-,23+/m0/s1. The van der Waals surface area contributed by atoms with Crippen molar-refractivity contribution in [3.8, 4) is 28.3 Å². The number of carbonyl (C=O) groups excluding carboxylic acids is 1. The van der Waals surface area contributed by atoms with Gasteiger partial charge in [-0.1, -0.05) is 35.9 Å². The van der Waals surface area contributed by atoms with Crippen molar-refractivity contribution >= 4 is 11.6 Å². The number of carbonyl (C=O) groups is 1. The fourth-order valence-corrected chi connectivity index (χ4v) is 4.14. The highest BCUT2D eigenvalue weighted by atomic mass is 16.5. The second-order valence-corrected chi connectivity index (χ2v) is 8.20. The van der Waals surface area contributed by atoms with Gasteiger partial charge in [0, 0.05) is 28.9 Å². The Bertz CT molecular complexity index is 1290. The van der Waals surface area contributed by atoms with Gasteiger partial charge in [-0.25, -0.2) is 5.10 Å². The zero-order valence-electron chi connectivity index (χ0n) is 18.4. The number of amides is 1. The van der Waals surface area contributed by atoms with Crippen LogP contribution in [0.25, 0.3) is 22.5 Å². The van der Waals surface area contributed by atoms with E-state index in [4.69, 9.17) is 4.74 Å². The molecule has 2 aromatic heterocycles. The van der Waals surface area contributed by atoms with Crippen molar-refractivity contribution in [3.05, 3.63) is 72.1 Å². The van der Waals surface area contributed by atoms with Crippen LogP contribution in [0.5, 0.6) is 5.75 Å². The number of hydrogen-bond acceptors (Lipinski definition) is 6. The van der Waals surface area contributed by atoms with E-state index in [2.05, 4.69) is 56.0 Å². The Morgan fingerprint density at radius 3 is 2.85 bits per heavy atom. The number of tetrazole rings is 1. The Labute approximate surface area is 191 Å². The van der Waals surface area contributed by atoms with Crippen molar-refractivity contribution in [1.29, 1.82) is 0 Å². The Morgan fingerprint density at radius 1 is 1.15 bits per heavy atom. The van der Waals surface area contributed by atoms with Crippen LogP contribution in [0, 0.1) is 12.8 Å². The molecule has 5 rings (SSSR count). The molecule has 2 N–H and O–H groups in total. The number of hydrogen-bond donors (Lipinski definition) is 2. The van der Waals surface area contributed by atoms with E-state index < -0.39 is 0 Å². The summed E-state index contributed by atoms with van der Waals surface area (Å²) in [6.45, 7) is 4.56. The Morgan fingerprint density at radius 2 is 2.06 bits per heavy atom. The van der Waals surface area contributed by atoms with Gasteiger partial charge in [0.2, 0.25) is 5.91 Å². The summed E-state index contributed by atoms with van der Waals surface area (Å²) in [6, 6.07) is 16.0. The van der Waals surface area contributed by atoms with Crippen molar-refractivity contribution in [2.45, 2.75) is 26.2 Å². The number of nitrogens with one attached hydrogen (secondary N) is 2. The van der Waals surface area contributed by atoms with Gasteiger partial charge in [-0.15, -0.1) is 5.10 Å². The van der Waals surface area contributed by atoms with E-state index >= 15 is 0 Å². The summed E-state index contributed by atoms with van der Waals surface area (Å²) in [6.07, 6.45) is 4.31. The average molecular weight is 441 g/mol. The molecular weight excluding hydrogens is 416 g/mol. The molecule has 0 unspecified atom stereocenters. The van der Waals surface area contributed by atoms with Gasteiger partial charge < -0.3 is 10.1 Å². The molecular formula is C25H24N6O2. The van der Waals surface area contributed by atoms with Crippen molar-refractivity contribution in [3.63, 3.8) is 0 Å². The lowest BCUT2D eigenvalue weighted by Gasteiger charge is -2.12. The second kappa shape index (κ2) is 8.82. The number of pyridine rings is 1. The molecule has 1 fully saturated rings. The Kier molecular flexibility index (Phi) is 5.56. The van der Waals surface area contributed by atoms with Crippen LogP contribution in [0.4, 0.5) is 5.69 Å². The quantitative estimate of drug-likeness (QED) is 0.442. The Hall–Kier alpha value is -4.07. The molecule has 1 saturated carbocycles. The van der Waals surface area contributed by atoms with Crippen molar-refractivity contribution < 1.29 is 9.53 Å². The molecule has 0 spiro atoms. The van der Waals surface area contributed by atoms with Gasteiger partial charge in [0.15, 0.2) is 5.82 Å². The molecule has 2 aromatic carbocycles. The highest BCUT2D eigenvalue weighted by Gasteiger charge is 2.43. The van der Waals surface area contributed by atoms with E-state index in [1.807, 2.05) is 37.3 Å². The van der Waals surface area contributed by atoms with Gasteiger partial charge >= 0.3 is 0 Å². The van der Waals surface area contributed by atoms with Crippen molar-refractivity contribution in [1.82, 2.24) is 25.6 Å². The largest absolute Gasteiger partial charge is 0.492 e. The van der Waals surface area contributed by atoms with Crippen LogP contribution >= 0.6 is 0 Å². The average Bonchev–Trinajstić information content (AvgIpc) is 3.45. The third-order valence-electron chi connectivity index (χ3n) is 5.82. The van der Waals surface area contributed by atoms with Crippen LogP contribution in [0.2, 0.25) is 0 Å². The highest BCUT2D eigenvalue weighted by molar-refractivity contribution is 5.96. The van der Waals surface area contributed by atoms with Crippen molar-refractivity contribution in [2.24, 2.45) is 5.92 Å². The summed E-state index contributed by atoms with van der Waals surface area (Å²) in [5, 5.41) is 17.4. The number of aromatic nitrogens is 5. The normalized spacial score (nSPS) is 16.9. The molecule has 2 heterocycles. The fourth-order valence-electron chi connectivity index (χ4n) is 4.14. The number of H-pyrrole nitrogens is 1. The van der Waals surface area contributed by atoms with Crippen LogP contribution in [-0.2, 0) is 4.79 Å². The summed E-state index contributed by atoms with van der Waals surface area (Å²) < 4.78 is 5.59. The van der Waals surface area contributed by atoms with Crippen LogP contribution in [0.1, 0.15) is 30.4 Å². The number of benzene rings is 2. The molecule has 4 aromatic rings. The number of anilines is 1. The first-order chi connectivity index (χ1) is 16.1. The molecule has 166 valence electrons. The zero-order chi connectivity index (χ0) is 22.8. The van der Waals surface area contributed by atoms with Gasteiger partial charge in [-0.05, 0) is 65.9 Å². The van der Waals surface area contributed by atoms with E-state index in [1.54, 1.807) is 12.4 Å².